The van der Waals surface area contributed by atoms with Gasteiger partial charge in [0.15, 0.2) is 0 Å². The van der Waals surface area contributed by atoms with Gasteiger partial charge in [0.05, 0.1) is 6.10 Å². The Morgan fingerprint density at radius 1 is 1.24 bits per heavy atom. The predicted octanol–water partition coefficient (Wildman–Crippen LogP) is 3.13. The van der Waals surface area contributed by atoms with Crippen molar-refractivity contribution >= 4 is 0 Å². The summed E-state index contributed by atoms with van der Waals surface area (Å²) >= 11 is 0. The normalized spacial score (nSPS) is 27.0. The van der Waals surface area contributed by atoms with Gasteiger partial charge in [-0.25, -0.2) is 0 Å². The van der Waals surface area contributed by atoms with Crippen molar-refractivity contribution in [3.8, 4) is 0 Å². The summed E-state index contributed by atoms with van der Waals surface area (Å²) in [5.41, 5.74) is 1.65. The molecule has 3 unspecified atom stereocenters. The van der Waals surface area contributed by atoms with Gasteiger partial charge in [-0.3, -0.25) is 4.98 Å². The molecular formula is C18H30N2O. The first-order chi connectivity index (χ1) is 9.88. The number of hydrogen-bond acceptors (Lipinski definition) is 3. The van der Waals surface area contributed by atoms with Gasteiger partial charge in [-0.1, -0.05) is 20.8 Å². The van der Waals surface area contributed by atoms with Crippen LogP contribution in [-0.2, 0) is 6.42 Å². The fourth-order valence-electron chi connectivity index (χ4n) is 3.41. The van der Waals surface area contributed by atoms with Crippen molar-refractivity contribution in [2.75, 3.05) is 13.6 Å². The largest absolute Gasteiger partial charge is 0.391 e. The van der Waals surface area contributed by atoms with Crippen LogP contribution in [-0.4, -0.2) is 40.7 Å². The van der Waals surface area contributed by atoms with E-state index in [4.69, 9.17) is 0 Å². The number of pyridine rings is 1. The fourth-order valence-corrected chi connectivity index (χ4v) is 3.41. The SMILES string of the molecule is CN(CCc1ccncc1)C1CC(C(C)(C)C)CCC1O. The van der Waals surface area contributed by atoms with Crippen molar-refractivity contribution in [3.05, 3.63) is 30.1 Å². The second kappa shape index (κ2) is 6.89. The molecule has 0 amide bonds. The lowest BCUT2D eigenvalue weighted by Gasteiger charge is -2.43. The lowest BCUT2D eigenvalue weighted by Crippen LogP contribution is -2.48. The van der Waals surface area contributed by atoms with Crippen LogP contribution < -0.4 is 0 Å². The maximum absolute atomic E-state index is 10.4. The Hall–Kier alpha value is -0.930. The van der Waals surface area contributed by atoms with E-state index >= 15 is 0 Å². The quantitative estimate of drug-likeness (QED) is 0.925. The highest BCUT2D eigenvalue weighted by Gasteiger charge is 2.36. The van der Waals surface area contributed by atoms with Gasteiger partial charge in [-0.05, 0) is 61.8 Å². The maximum Gasteiger partial charge on any atom is 0.0695 e. The first-order valence-electron chi connectivity index (χ1n) is 8.15. The summed E-state index contributed by atoms with van der Waals surface area (Å²) in [7, 11) is 2.15. The van der Waals surface area contributed by atoms with Crippen LogP contribution in [0.5, 0.6) is 0 Å². The van der Waals surface area contributed by atoms with Gasteiger partial charge in [0.2, 0.25) is 0 Å². The highest BCUT2D eigenvalue weighted by molar-refractivity contribution is 5.10. The van der Waals surface area contributed by atoms with Gasteiger partial charge < -0.3 is 10.0 Å². The molecule has 1 saturated carbocycles. The molecule has 3 heteroatoms. The molecule has 21 heavy (non-hydrogen) atoms. The van der Waals surface area contributed by atoms with Crippen LogP contribution in [0.1, 0.15) is 45.6 Å². The Balaban J connectivity index is 1.92. The Morgan fingerprint density at radius 2 is 1.90 bits per heavy atom. The molecule has 1 N–H and O–H groups in total. The third-order valence-electron chi connectivity index (χ3n) is 5.07. The number of aromatic nitrogens is 1. The molecule has 0 aromatic carbocycles. The van der Waals surface area contributed by atoms with Crippen molar-refractivity contribution in [3.63, 3.8) is 0 Å². The molecule has 1 fully saturated rings. The molecule has 1 heterocycles. The number of nitrogens with zero attached hydrogens (tertiary/aromatic N) is 2. The minimum Gasteiger partial charge on any atom is -0.391 e. The zero-order chi connectivity index (χ0) is 15.5. The molecule has 1 aliphatic carbocycles. The van der Waals surface area contributed by atoms with Crippen molar-refractivity contribution < 1.29 is 5.11 Å². The van der Waals surface area contributed by atoms with Crippen LogP contribution in [0.25, 0.3) is 0 Å². The molecule has 1 aliphatic rings. The van der Waals surface area contributed by atoms with E-state index in [1.165, 1.54) is 5.56 Å². The third-order valence-corrected chi connectivity index (χ3v) is 5.07. The highest BCUT2D eigenvalue weighted by Crippen LogP contribution is 2.39. The maximum atomic E-state index is 10.4. The van der Waals surface area contributed by atoms with E-state index < -0.39 is 0 Å². The molecule has 0 spiro atoms. The van der Waals surface area contributed by atoms with E-state index in [1.807, 2.05) is 12.4 Å². The van der Waals surface area contributed by atoms with Crippen LogP contribution in [0.3, 0.4) is 0 Å². The molecule has 118 valence electrons. The van der Waals surface area contributed by atoms with Gasteiger partial charge in [-0.15, -0.1) is 0 Å². The van der Waals surface area contributed by atoms with Crippen LogP contribution in [0.15, 0.2) is 24.5 Å². The summed E-state index contributed by atoms with van der Waals surface area (Å²) in [6, 6.07) is 4.44. The highest BCUT2D eigenvalue weighted by atomic mass is 16.3. The van der Waals surface area contributed by atoms with Crippen LogP contribution in [0.2, 0.25) is 0 Å². The van der Waals surface area contributed by atoms with Gasteiger partial charge >= 0.3 is 0 Å². The topological polar surface area (TPSA) is 36.4 Å². The molecule has 0 bridgehead atoms. The number of aliphatic hydroxyl groups excluding tert-OH is 1. The zero-order valence-corrected chi connectivity index (χ0v) is 13.9. The Labute approximate surface area is 129 Å². The Bertz CT molecular complexity index is 427. The molecule has 0 radical (unpaired) electrons. The smallest absolute Gasteiger partial charge is 0.0695 e. The summed E-state index contributed by atoms with van der Waals surface area (Å²) < 4.78 is 0. The lowest BCUT2D eigenvalue weighted by atomic mass is 9.70. The fraction of sp³-hybridized carbons (Fsp3) is 0.722. The number of rotatable bonds is 4. The van der Waals surface area contributed by atoms with E-state index in [-0.39, 0.29) is 6.10 Å². The van der Waals surface area contributed by atoms with Crippen molar-refractivity contribution in [1.82, 2.24) is 9.88 Å². The van der Waals surface area contributed by atoms with Gasteiger partial charge in [0.25, 0.3) is 0 Å². The number of hydrogen-bond donors (Lipinski definition) is 1. The summed E-state index contributed by atoms with van der Waals surface area (Å²) in [6.45, 7) is 7.96. The molecule has 1 aromatic rings. The van der Waals surface area contributed by atoms with E-state index in [1.54, 1.807) is 0 Å². The van der Waals surface area contributed by atoms with E-state index in [9.17, 15) is 5.11 Å². The summed E-state index contributed by atoms with van der Waals surface area (Å²) in [6.07, 6.45) is 7.73. The van der Waals surface area contributed by atoms with Crippen LogP contribution in [0.4, 0.5) is 0 Å². The lowest BCUT2D eigenvalue weighted by molar-refractivity contribution is -0.00713. The Kier molecular flexibility index (Phi) is 5.39. The van der Waals surface area contributed by atoms with Crippen LogP contribution in [0, 0.1) is 11.3 Å². The van der Waals surface area contributed by atoms with Crippen molar-refractivity contribution in [2.45, 2.75) is 58.6 Å². The second-order valence-electron chi connectivity index (χ2n) is 7.60. The van der Waals surface area contributed by atoms with E-state index in [0.29, 0.717) is 17.4 Å². The van der Waals surface area contributed by atoms with E-state index in [0.717, 1.165) is 32.2 Å². The molecule has 1 aromatic heterocycles. The molecule has 0 aliphatic heterocycles. The average Bonchev–Trinajstić information content (AvgIpc) is 2.45. The summed E-state index contributed by atoms with van der Waals surface area (Å²) in [4.78, 5) is 6.41. The number of aliphatic hydroxyl groups is 1. The Morgan fingerprint density at radius 3 is 2.52 bits per heavy atom. The van der Waals surface area contributed by atoms with E-state index in [2.05, 4.69) is 49.8 Å². The van der Waals surface area contributed by atoms with Crippen molar-refractivity contribution in [1.29, 1.82) is 0 Å². The predicted molar refractivity (Wildman–Crippen MR) is 87.2 cm³/mol. The van der Waals surface area contributed by atoms with Crippen LogP contribution >= 0.6 is 0 Å². The third kappa shape index (κ3) is 4.52. The van der Waals surface area contributed by atoms with Gasteiger partial charge in [-0.2, -0.15) is 0 Å². The van der Waals surface area contributed by atoms with Gasteiger partial charge in [0, 0.05) is 25.0 Å². The molecule has 3 atom stereocenters. The molecule has 2 rings (SSSR count). The molecular weight excluding hydrogens is 260 g/mol. The summed E-state index contributed by atoms with van der Waals surface area (Å²) in [5, 5.41) is 10.4. The molecule has 0 saturated heterocycles. The first-order valence-corrected chi connectivity index (χ1v) is 8.15. The van der Waals surface area contributed by atoms with Crippen molar-refractivity contribution in [2.24, 2.45) is 11.3 Å². The minimum absolute atomic E-state index is 0.175. The molecule has 3 nitrogen and oxygen atoms in total. The van der Waals surface area contributed by atoms with Gasteiger partial charge in [0.1, 0.15) is 0 Å². The summed E-state index contributed by atoms with van der Waals surface area (Å²) in [5.74, 6) is 0.703. The minimum atomic E-state index is -0.175. The standard InChI is InChI=1S/C18H30N2O/c1-18(2,3)15-5-6-17(21)16(13-15)20(4)12-9-14-7-10-19-11-8-14/h7-8,10-11,15-17,21H,5-6,9,12-13H2,1-4H3. The zero-order valence-electron chi connectivity index (χ0n) is 13.9. The second-order valence-corrected chi connectivity index (χ2v) is 7.60. The first kappa shape index (κ1) is 16.4. The average molecular weight is 290 g/mol. The number of likely N-dealkylation sites (N-methyl/N-ethyl adjacent to an activating group) is 1. The monoisotopic (exact) mass is 290 g/mol.